The number of ketones is 1. The van der Waals surface area contributed by atoms with E-state index in [0.29, 0.717) is 12.3 Å². The van der Waals surface area contributed by atoms with Gasteiger partial charge in [-0.05, 0) is 36.4 Å². The first-order valence-electron chi connectivity index (χ1n) is 7.78. The first kappa shape index (κ1) is 16.9. The zero-order valence-electron chi connectivity index (χ0n) is 13.3. The molecule has 1 fully saturated rings. The van der Waals surface area contributed by atoms with E-state index in [9.17, 15) is 18.8 Å². The maximum absolute atomic E-state index is 12.8. The molecule has 0 aliphatic carbocycles. The van der Waals surface area contributed by atoms with E-state index in [2.05, 4.69) is 0 Å². The van der Waals surface area contributed by atoms with Crippen molar-refractivity contribution in [2.24, 2.45) is 5.92 Å². The van der Waals surface area contributed by atoms with Gasteiger partial charge in [0, 0.05) is 18.5 Å². The number of ether oxygens (including phenoxy) is 1. The van der Waals surface area contributed by atoms with E-state index in [-0.39, 0.29) is 24.4 Å². The van der Waals surface area contributed by atoms with Crippen LogP contribution in [0.4, 0.5) is 4.39 Å². The number of carbonyl (C=O) groups is 3. The van der Waals surface area contributed by atoms with Gasteiger partial charge in [-0.3, -0.25) is 14.4 Å². The third-order valence-corrected chi connectivity index (χ3v) is 3.99. The number of hydrogen-bond acceptors (Lipinski definition) is 5. The van der Waals surface area contributed by atoms with Gasteiger partial charge in [-0.2, -0.15) is 0 Å². The Morgan fingerprint density at radius 2 is 2.00 bits per heavy atom. The monoisotopic (exact) mass is 345 g/mol. The van der Waals surface area contributed by atoms with Crippen molar-refractivity contribution in [2.75, 3.05) is 13.2 Å². The number of halogens is 1. The van der Waals surface area contributed by atoms with Gasteiger partial charge in [-0.25, -0.2) is 4.39 Å². The van der Waals surface area contributed by atoms with Crippen molar-refractivity contribution in [2.45, 2.75) is 13.0 Å². The number of amides is 1. The highest BCUT2D eigenvalue weighted by molar-refractivity contribution is 5.98. The molecule has 0 unspecified atom stereocenters. The maximum atomic E-state index is 12.8. The predicted octanol–water partition coefficient (Wildman–Crippen LogP) is 2.19. The van der Waals surface area contributed by atoms with Gasteiger partial charge in [-0.15, -0.1) is 0 Å². The molecule has 1 aromatic carbocycles. The fourth-order valence-corrected chi connectivity index (χ4v) is 2.65. The smallest absolute Gasteiger partial charge is 0.311 e. The second-order valence-electron chi connectivity index (χ2n) is 5.79. The second-order valence-corrected chi connectivity index (χ2v) is 5.79. The standard InChI is InChI=1S/C18H16FNO5/c19-14-5-3-12(4-6-14)16(21)11-25-18(23)13-8-17(22)20(9-13)10-15-2-1-7-24-15/h1-7,13H,8-11H2/t13-/m1/s1. The average Bonchev–Trinajstić information content (AvgIpc) is 3.24. The predicted molar refractivity (Wildman–Crippen MR) is 83.9 cm³/mol. The van der Waals surface area contributed by atoms with Gasteiger partial charge >= 0.3 is 5.97 Å². The summed E-state index contributed by atoms with van der Waals surface area (Å²) in [5.41, 5.74) is 0.260. The molecule has 0 spiro atoms. The Kier molecular flexibility index (Phi) is 4.92. The highest BCUT2D eigenvalue weighted by atomic mass is 19.1. The molecule has 0 N–H and O–H groups in total. The number of Topliss-reactive ketones (excluding diaryl/α,β-unsaturated/α-hetero) is 1. The van der Waals surface area contributed by atoms with Gasteiger partial charge in [0.2, 0.25) is 5.91 Å². The second kappa shape index (κ2) is 7.29. The van der Waals surface area contributed by atoms with Crippen molar-refractivity contribution in [3.63, 3.8) is 0 Å². The van der Waals surface area contributed by atoms with Gasteiger partial charge in [0.15, 0.2) is 12.4 Å². The van der Waals surface area contributed by atoms with Crippen LogP contribution in [0.5, 0.6) is 0 Å². The molecular weight excluding hydrogens is 329 g/mol. The van der Waals surface area contributed by atoms with Crippen LogP contribution in [0.15, 0.2) is 47.1 Å². The number of esters is 1. The summed E-state index contributed by atoms with van der Waals surface area (Å²) in [7, 11) is 0. The molecule has 1 aromatic heterocycles. The van der Waals surface area contributed by atoms with Crippen LogP contribution in [0.25, 0.3) is 0 Å². The highest BCUT2D eigenvalue weighted by Crippen LogP contribution is 2.21. The van der Waals surface area contributed by atoms with Crippen molar-refractivity contribution in [1.29, 1.82) is 0 Å². The van der Waals surface area contributed by atoms with Crippen LogP contribution in [0.1, 0.15) is 22.5 Å². The third kappa shape index (κ3) is 4.12. The lowest BCUT2D eigenvalue weighted by atomic mass is 10.1. The molecule has 3 rings (SSSR count). The molecule has 1 aliphatic rings. The van der Waals surface area contributed by atoms with Crippen LogP contribution < -0.4 is 0 Å². The van der Waals surface area contributed by atoms with E-state index < -0.39 is 30.1 Å². The molecule has 130 valence electrons. The van der Waals surface area contributed by atoms with Crippen molar-refractivity contribution in [3.05, 3.63) is 59.8 Å². The summed E-state index contributed by atoms with van der Waals surface area (Å²) in [5, 5.41) is 0. The molecule has 2 aromatic rings. The van der Waals surface area contributed by atoms with Crippen LogP contribution in [-0.2, 0) is 20.9 Å². The van der Waals surface area contributed by atoms with Gasteiger partial charge in [-0.1, -0.05) is 0 Å². The number of carbonyl (C=O) groups excluding carboxylic acids is 3. The van der Waals surface area contributed by atoms with Crippen LogP contribution in [0.3, 0.4) is 0 Å². The number of furan rings is 1. The Balaban J connectivity index is 1.51. The van der Waals surface area contributed by atoms with Crippen LogP contribution in [0, 0.1) is 11.7 Å². The SMILES string of the molecule is O=C(COC(=O)[C@@H]1CC(=O)N(Cc2ccco2)C1)c1ccc(F)cc1. The van der Waals surface area contributed by atoms with Crippen molar-refractivity contribution < 1.29 is 27.9 Å². The van der Waals surface area contributed by atoms with Crippen molar-refractivity contribution >= 4 is 17.7 Å². The zero-order valence-corrected chi connectivity index (χ0v) is 13.3. The Labute approximate surface area is 143 Å². The molecule has 6 nitrogen and oxygen atoms in total. The summed E-state index contributed by atoms with van der Waals surface area (Å²) in [4.78, 5) is 37.5. The minimum atomic E-state index is -0.608. The molecule has 0 bridgehead atoms. The quantitative estimate of drug-likeness (QED) is 0.592. The molecule has 7 heteroatoms. The summed E-state index contributed by atoms with van der Waals surface area (Å²) >= 11 is 0. The Bertz CT molecular complexity index is 769. The molecule has 1 aliphatic heterocycles. The lowest BCUT2D eigenvalue weighted by molar-refractivity contribution is -0.147. The Morgan fingerprint density at radius 1 is 1.24 bits per heavy atom. The van der Waals surface area contributed by atoms with Gasteiger partial charge < -0.3 is 14.1 Å². The lowest BCUT2D eigenvalue weighted by Gasteiger charge is -2.14. The van der Waals surface area contributed by atoms with E-state index in [1.54, 1.807) is 12.1 Å². The van der Waals surface area contributed by atoms with Gasteiger partial charge in [0.05, 0.1) is 18.7 Å². The van der Waals surface area contributed by atoms with Crippen LogP contribution in [0.2, 0.25) is 0 Å². The zero-order chi connectivity index (χ0) is 17.8. The fourth-order valence-electron chi connectivity index (χ4n) is 2.65. The number of likely N-dealkylation sites (tertiary alicyclic amines) is 1. The van der Waals surface area contributed by atoms with E-state index >= 15 is 0 Å². The molecule has 1 atom stereocenters. The summed E-state index contributed by atoms with van der Waals surface area (Å²) < 4.78 is 23.1. The summed E-state index contributed by atoms with van der Waals surface area (Å²) in [5.74, 6) is -1.61. The molecule has 1 amide bonds. The summed E-state index contributed by atoms with van der Waals surface area (Å²) in [6, 6.07) is 8.46. The maximum Gasteiger partial charge on any atom is 0.311 e. The minimum absolute atomic E-state index is 0.0459. The van der Waals surface area contributed by atoms with Gasteiger partial charge in [0.1, 0.15) is 11.6 Å². The largest absolute Gasteiger partial charge is 0.467 e. The van der Waals surface area contributed by atoms with E-state index in [4.69, 9.17) is 9.15 Å². The van der Waals surface area contributed by atoms with E-state index in [1.165, 1.54) is 23.3 Å². The number of rotatable bonds is 6. The Morgan fingerprint density at radius 3 is 2.68 bits per heavy atom. The highest BCUT2D eigenvalue weighted by Gasteiger charge is 2.35. The Hall–Kier alpha value is -2.96. The molecular formula is C18H16FNO5. The average molecular weight is 345 g/mol. The summed E-state index contributed by atoms with van der Waals surface area (Å²) in [6.45, 7) is 0.0839. The lowest BCUT2D eigenvalue weighted by Crippen LogP contribution is -2.27. The van der Waals surface area contributed by atoms with E-state index in [0.717, 1.165) is 12.1 Å². The summed E-state index contributed by atoms with van der Waals surface area (Å²) in [6.07, 6.45) is 1.56. The fraction of sp³-hybridized carbons (Fsp3) is 0.278. The number of benzene rings is 1. The molecule has 25 heavy (non-hydrogen) atoms. The normalized spacial score (nSPS) is 16.9. The molecule has 0 saturated carbocycles. The van der Waals surface area contributed by atoms with Crippen molar-refractivity contribution in [3.8, 4) is 0 Å². The third-order valence-electron chi connectivity index (χ3n) is 3.99. The van der Waals surface area contributed by atoms with Crippen LogP contribution >= 0.6 is 0 Å². The number of nitrogens with zero attached hydrogens (tertiary/aromatic N) is 1. The van der Waals surface area contributed by atoms with Gasteiger partial charge in [0.25, 0.3) is 0 Å². The minimum Gasteiger partial charge on any atom is -0.467 e. The first-order valence-corrected chi connectivity index (χ1v) is 7.78. The molecule has 1 saturated heterocycles. The number of hydrogen-bond donors (Lipinski definition) is 0. The topological polar surface area (TPSA) is 76.8 Å². The molecule has 2 heterocycles. The van der Waals surface area contributed by atoms with Crippen LogP contribution in [-0.4, -0.2) is 35.7 Å². The first-order chi connectivity index (χ1) is 12.0. The van der Waals surface area contributed by atoms with Crippen molar-refractivity contribution in [1.82, 2.24) is 4.90 Å². The van der Waals surface area contributed by atoms with E-state index in [1.807, 2.05) is 0 Å². The molecule has 0 radical (unpaired) electrons.